The highest BCUT2D eigenvalue weighted by molar-refractivity contribution is 7.98. The second-order valence-electron chi connectivity index (χ2n) is 5.06. The molecule has 26 heavy (non-hydrogen) atoms. The van der Waals surface area contributed by atoms with E-state index in [1.807, 2.05) is 36.6 Å². The Kier molecular flexibility index (Phi) is 7.27. The molecule has 0 radical (unpaired) electrons. The van der Waals surface area contributed by atoms with E-state index in [1.165, 1.54) is 18.2 Å². The van der Waals surface area contributed by atoms with Crippen molar-refractivity contribution in [3.05, 3.63) is 64.7 Å². The molecule has 0 fully saturated rings. The molecular formula is C19H15ClN2O3S. The fourth-order valence-corrected chi connectivity index (χ4v) is 2.55. The Hall–Kier alpha value is -2.75. The van der Waals surface area contributed by atoms with E-state index >= 15 is 0 Å². The SMILES string of the molecule is CSc1ccc(/C=C/C(=O)OCC(=O)Nc2cc(Cl)ccc2C#N)cc1. The van der Waals surface area contributed by atoms with Crippen LogP contribution in [0.25, 0.3) is 6.08 Å². The van der Waals surface area contributed by atoms with E-state index in [0.717, 1.165) is 10.5 Å². The minimum Gasteiger partial charge on any atom is -0.452 e. The number of thioether (sulfide) groups is 1. The van der Waals surface area contributed by atoms with Crippen molar-refractivity contribution in [2.45, 2.75) is 4.90 Å². The van der Waals surface area contributed by atoms with E-state index < -0.39 is 18.5 Å². The molecule has 2 aromatic rings. The zero-order valence-corrected chi connectivity index (χ0v) is 15.4. The van der Waals surface area contributed by atoms with Crippen molar-refractivity contribution in [3.8, 4) is 6.07 Å². The van der Waals surface area contributed by atoms with Gasteiger partial charge in [0.1, 0.15) is 6.07 Å². The summed E-state index contributed by atoms with van der Waals surface area (Å²) in [5.74, 6) is -1.20. The van der Waals surface area contributed by atoms with Crippen LogP contribution in [0.5, 0.6) is 0 Å². The molecule has 0 spiro atoms. The van der Waals surface area contributed by atoms with Crippen molar-refractivity contribution in [1.82, 2.24) is 0 Å². The molecule has 0 heterocycles. The van der Waals surface area contributed by atoms with Gasteiger partial charge in [-0.3, -0.25) is 4.79 Å². The summed E-state index contributed by atoms with van der Waals surface area (Å²) in [5, 5.41) is 11.9. The predicted octanol–water partition coefficient (Wildman–Crippen LogP) is 4.13. The quantitative estimate of drug-likeness (QED) is 0.458. The Morgan fingerprint density at radius 1 is 1.27 bits per heavy atom. The van der Waals surface area contributed by atoms with Gasteiger partial charge >= 0.3 is 5.97 Å². The molecule has 7 heteroatoms. The van der Waals surface area contributed by atoms with E-state index in [0.29, 0.717) is 5.02 Å². The van der Waals surface area contributed by atoms with Crippen molar-refractivity contribution in [2.24, 2.45) is 0 Å². The lowest BCUT2D eigenvalue weighted by molar-refractivity contribution is -0.142. The normalized spacial score (nSPS) is 10.3. The van der Waals surface area contributed by atoms with Crippen LogP contribution in [0.1, 0.15) is 11.1 Å². The fourth-order valence-electron chi connectivity index (χ4n) is 1.97. The van der Waals surface area contributed by atoms with Crippen LogP contribution in [0.4, 0.5) is 5.69 Å². The topological polar surface area (TPSA) is 79.2 Å². The van der Waals surface area contributed by atoms with Crippen molar-refractivity contribution in [2.75, 3.05) is 18.2 Å². The number of nitrogens with zero attached hydrogens (tertiary/aromatic N) is 1. The van der Waals surface area contributed by atoms with Gasteiger partial charge in [0.2, 0.25) is 0 Å². The summed E-state index contributed by atoms with van der Waals surface area (Å²) in [6, 6.07) is 14.1. The molecular weight excluding hydrogens is 372 g/mol. The zero-order valence-electron chi connectivity index (χ0n) is 13.9. The van der Waals surface area contributed by atoms with Gasteiger partial charge in [-0.25, -0.2) is 4.79 Å². The van der Waals surface area contributed by atoms with E-state index in [4.69, 9.17) is 21.6 Å². The number of nitrogens with one attached hydrogen (secondary N) is 1. The van der Waals surface area contributed by atoms with Gasteiger partial charge < -0.3 is 10.1 Å². The number of halogens is 1. The summed E-state index contributed by atoms with van der Waals surface area (Å²) in [5.41, 5.74) is 1.38. The Balaban J connectivity index is 1.86. The van der Waals surface area contributed by atoms with Crippen LogP contribution in [0.2, 0.25) is 5.02 Å². The maximum Gasteiger partial charge on any atom is 0.331 e. The lowest BCUT2D eigenvalue weighted by atomic mass is 10.2. The lowest BCUT2D eigenvalue weighted by Gasteiger charge is -2.07. The zero-order chi connectivity index (χ0) is 18.9. The Labute approximate surface area is 160 Å². The van der Waals surface area contributed by atoms with Crippen LogP contribution in [0.15, 0.2) is 53.4 Å². The number of carbonyl (C=O) groups is 2. The molecule has 0 aromatic heterocycles. The standard InChI is InChI=1S/C19H15ClN2O3S/c1-26-16-7-2-13(3-8-16)4-9-19(24)25-12-18(23)22-17-10-15(20)6-5-14(17)11-21/h2-10H,12H2,1H3,(H,22,23)/b9-4+. The van der Waals surface area contributed by atoms with Crippen molar-refractivity contribution in [3.63, 3.8) is 0 Å². The van der Waals surface area contributed by atoms with Crippen molar-refractivity contribution < 1.29 is 14.3 Å². The average molecular weight is 387 g/mol. The molecule has 0 aliphatic carbocycles. The highest BCUT2D eigenvalue weighted by Gasteiger charge is 2.09. The molecule has 0 atom stereocenters. The minimum atomic E-state index is -0.638. The molecule has 2 aromatic carbocycles. The number of esters is 1. The number of rotatable bonds is 6. The third-order valence-electron chi connectivity index (χ3n) is 3.25. The molecule has 0 bridgehead atoms. The van der Waals surface area contributed by atoms with Crippen LogP contribution < -0.4 is 5.32 Å². The maximum atomic E-state index is 11.9. The van der Waals surface area contributed by atoms with Gasteiger partial charge in [-0.1, -0.05) is 23.7 Å². The molecule has 0 saturated carbocycles. The number of hydrogen-bond acceptors (Lipinski definition) is 5. The first-order chi connectivity index (χ1) is 12.5. The van der Waals surface area contributed by atoms with Crippen molar-refractivity contribution in [1.29, 1.82) is 5.26 Å². The third-order valence-corrected chi connectivity index (χ3v) is 4.23. The number of carbonyl (C=O) groups excluding carboxylic acids is 2. The number of hydrogen-bond donors (Lipinski definition) is 1. The van der Waals surface area contributed by atoms with Gasteiger partial charge in [0.25, 0.3) is 5.91 Å². The number of amides is 1. The van der Waals surface area contributed by atoms with Crippen LogP contribution in [-0.4, -0.2) is 24.7 Å². The van der Waals surface area contributed by atoms with Gasteiger partial charge in [0.05, 0.1) is 11.3 Å². The molecule has 5 nitrogen and oxygen atoms in total. The molecule has 0 aliphatic rings. The van der Waals surface area contributed by atoms with Crippen LogP contribution in [0.3, 0.4) is 0 Å². The lowest BCUT2D eigenvalue weighted by Crippen LogP contribution is -2.20. The highest BCUT2D eigenvalue weighted by Crippen LogP contribution is 2.20. The maximum absolute atomic E-state index is 11.9. The molecule has 0 unspecified atom stereocenters. The molecule has 2 rings (SSSR count). The van der Waals surface area contributed by atoms with Gasteiger partial charge in [-0.2, -0.15) is 5.26 Å². The van der Waals surface area contributed by atoms with E-state index in [-0.39, 0.29) is 11.3 Å². The second kappa shape index (κ2) is 9.66. The summed E-state index contributed by atoms with van der Waals surface area (Å²) in [4.78, 5) is 24.7. The highest BCUT2D eigenvalue weighted by atomic mass is 35.5. The largest absolute Gasteiger partial charge is 0.452 e. The van der Waals surface area contributed by atoms with Gasteiger partial charge in [0.15, 0.2) is 6.61 Å². The smallest absolute Gasteiger partial charge is 0.331 e. The molecule has 0 aliphatic heterocycles. The first-order valence-electron chi connectivity index (χ1n) is 7.50. The monoisotopic (exact) mass is 386 g/mol. The predicted molar refractivity (Wildman–Crippen MR) is 103 cm³/mol. The summed E-state index contributed by atoms with van der Waals surface area (Å²) in [6.45, 7) is -0.466. The number of nitriles is 1. The number of ether oxygens (including phenoxy) is 1. The summed E-state index contributed by atoms with van der Waals surface area (Å²) in [7, 11) is 0. The summed E-state index contributed by atoms with van der Waals surface area (Å²) >= 11 is 7.48. The van der Waals surface area contributed by atoms with Gasteiger partial charge in [-0.05, 0) is 48.2 Å². The molecule has 132 valence electrons. The molecule has 1 amide bonds. The van der Waals surface area contributed by atoms with Crippen molar-refractivity contribution >= 4 is 47.0 Å². The average Bonchev–Trinajstić information content (AvgIpc) is 2.65. The van der Waals surface area contributed by atoms with Crippen LogP contribution in [0, 0.1) is 11.3 Å². The number of anilines is 1. The minimum absolute atomic E-state index is 0.266. The van der Waals surface area contributed by atoms with E-state index in [2.05, 4.69) is 5.32 Å². The first kappa shape index (κ1) is 19.6. The first-order valence-corrected chi connectivity index (χ1v) is 9.10. The Morgan fingerprint density at radius 2 is 2.00 bits per heavy atom. The molecule has 1 N–H and O–H groups in total. The number of benzene rings is 2. The van der Waals surface area contributed by atoms with Gasteiger partial charge in [0, 0.05) is 16.0 Å². The van der Waals surface area contributed by atoms with Crippen LogP contribution in [-0.2, 0) is 14.3 Å². The van der Waals surface area contributed by atoms with Gasteiger partial charge in [-0.15, -0.1) is 11.8 Å². The van der Waals surface area contributed by atoms with E-state index in [1.54, 1.807) is 23.9 Å². The van der Waals surface area contributed by atoms with Crippen LogP contribution >= 0.6 is 23.4 Å². The van der Waals surface area contributed by atoms with E-state index in [9.17, 15) is 9.59 Å². The summed E-state index contributed by atoms with van der Waals surface area (Å²) in [6.07, 6.45) is 4.84. The Morgan fingerprint density at radius 3 is 2.65 bits per heavy atom. The summed E-state index contributed by atoms with van der Waals surface area (Å²) < 4.78 is 4.89. The fraction of sp³-hybridized carbons (Fsp3) is 0.105. The second-order valence-corrected chi connectivity index (χ2v) is 6.38. The molecule has 0 saturated heterocycles. The Bertz CT molecular complexity index is 873. The third kappa shape index (κ3) is 5.96.